The number of carbonyl (C=O) groups excluding carboxylic acids is 1. The first-order valence-electron chi connectivity index (χ1n) is 8.69. The standard InChI is InChI=1S/C21H19N3O2S/c1-14(2)26-18-8-6-15(7-9-18)20(25)22-17-5-3-4-16(12-17)19-13-24-10-11-27-21(24)23-19/h3-14H,1-2H3,(H,22,25). The molecule has 0 aliphatic carbocycles. The predicted octanol–water partition coefficient (Wildman–Crippen LogP) is 5.10. The Kier molecular flexibility index (Phi) is 4.64. The fourth-order valence-electron chi connectivity index (χ4n) is 2.78. The van der Waals surface area contributed by atoms with Crippen molar-refractivity contribution in [2.75, 3.05) is 5.32 Å². The van der Waals surface area contributed by atoms with E-state index in [9.17, 15) is 4.79 Å². The van der Waals surface area contributed by atoms with E-state index in [1.165, 1.54) is 0 Å². The zero-order valence-electron chi connectivity index (χ0n) is 15.0. The number of nitrogens with zero attached hydrogens (tertiary/aromatic N) is 2. The molecule has 0 spiro atoms. The number of ether oxygens (including phenoxy) is 1. The van der Waals surface area contributed by atoms with Gasteiger partial charge in [-0.2, -0.15) is 0 Å². The number of rotatable bonds is 5. The fourth-order valence-corrected chi connectivity index (χ4v) is 3.48. The first-order valence-corrected chi connectivity index (χ1v) is 9.57. The second kappa shape index (κ2) is 7.25. The number of imidazole rings is 1. The topological polar surface area (TPSA) is 55.6 Å². The lowest BCUT2D eigenvalue weighted by atomic mass is 10.1. The molecule has 0 saturated carbocycles. The first kappa shape index (κ1) is 17.3. The Labute approximate surface area is 161 Å². The van der Waals surface area contributed by atoms with Gasteiger partial charge < -0.3 is 10.1 Å². The fraction of sp³-hybridized carbons (Fsp3) is 0.143. The number of carbonyl (C=O) groups is 1. The molecular formula is C21H19N3O2S. The number of hydrogen-bond donors (Lipinski definition) is 1. The smallest absolute Gasteiger partial charge is 0.255 e. The van der Waals surface area contributed by atoms with Crippen molar-refractivity contribution in [3.63, 3.8) is 0 Å². The number of aromatic nitrogens is 2. The van der Waals surface area contributed by atoms with Gasteiger partial charge in [-0.3, -0.25) is 9.20 Å². The van der Waals surface area contributed by atoms with E-state index >= 15 is 0 Å². The molecule has 136 valence electrons. The number of thiazole rings is 1. The van der Waals surface area contributed by atoms with Crippen LogP contribution in [0.15, 0.2) is 66.3 Å². The average molecular weight is 377 g/mol. The van der Waals surface area contributed by atoms with E-state index in [1.54, 1.807) is 23.5 Å². The molecule has 0 atom stereocenters. The van der Waals surface area contributed by atoms with Crippen LogP contribution in [-0.2, 0) is 0 Å². The number of hydrogen-bond acceptors (Lipinski definition) is 4. The van der Waals surface area contributed by atoms with Crippen LogP contribution in [0.5, 0.6) is 5.75 Å². The molecular weight excluding hydrogens is 358 g/mol. The van der Waals surface area contributed by atoms with E-state index < -0.39 is 0 Å². The Morgan fingerprint density at radius 3 is 2.74 bits per heavy atom. The Morgan fingerprint density at radius 1 is 1.19 bits per heavy atom. The third-order valence-corrected chi connectivity index (χ3v) is 4.77. The maximum absolute atomic E-state index is 12.5. The molecule has 1 N–H and O–H groups in total. The summed E-state index contributed by atoms with van der Waals surface area (Å²) < 4.78 is 7.60. The Bertz CT molecular complexity index is 1050. The highest BCUT2D eigenvalue weighted by molar-refractivity contribution is 7.15. The summed E-state index contributed by atoms with van der Waals surface area (Å²) in [6.45, 7) is 3.94. The van der Waals surface area contributed by atoms with Gasteiger partial charge in [0.2, 0.25) is 0 Å². The van der Waals surface area contributed by atoms with E-state index in [0.717, 1.165) is 27.7 Å². The van der Waals surface area contributed by atoms with Gasteiger partial charge in [0.25, 0.3) is 5.91 Å². The van der Waals surface area contributed by atoms with Crippen molar-refractivity contribution in [1.29, 1.82) is 0 Å². The molecule has 6 heteroatoms. The summed E-state index contributed by atoms with van der Waals surface area (Å²) in [5.41, 5.74) is 3.16. The average Bonchev–Trinajstić information content (AvgIpc) is 3.24. The van der Waals surface area contributed by atoms with Crippen molar-refractivity contribution >= 4 is 27.9 Å². The second-order valence-electron chi connectivity index (χ2n) is 6.44. The van der Waals surface area contributed by atoms with Gasteiger partial charge in [0.1, 0.15) is 5.75 Å². The molecule has 2 aromatic carbocycles. The molecule has 4 rings (SSSR count). The Balaban J connectivity index is 1.50. The highest BCUT2D eigenvalue weighted by Gasteiger charge is 2.09. The molecule has 0 radical (unpaired) electrons. The highest BCUT2D eigenvalue weighted by atomic mass is 32.1. The van der Waals surface area contributed by atoms with Crippen LogP contribution in [0.3, 0.4) is 0 Å². The summed E-state index contributed by atoms with van der Waals surface area (Å²) in [7, 11) is 0. The second-order valence-corrected chi connectivity index (χ2v) is 7.32. The molecule has 0 saturated heterocycles. The number of fused-ring (bicyclic) bond motifs is 1. The molecule has 27 heavy (non-hydrogen) atoms. The molecule has 0 aliphatic heterocycles. The minimum absolute atomic E-state index is 0.102. The third kappa shape index (κ3) is 3.85. The summed E-state index contributed by atoms with van der Waals surface area (Å²) in [5, 5.41) is 4.94. The molecule has 2 aromatic heterocycles. The van der Waals surface area contributed by atoms with Gasteiger partial charge in [-0.25, -0.2) is 4.98 Å². The number of nitrogens with one attached hydrogen (secondary N) is 1. The molecule has 0 bridgehead atoms. The summed E-state index contributed by atoms with van der Waals surface area (Å²) in [4.78, 5) is 18.1. The van der Waals surface area contributed by atoms with E-state index in [-0.39, 0.29) is 12.0 Å². The Hall–Kier alpha value is -3.12. The number of benzene rings is 2. The van der Waals surface area contributed by atoms with Gasteiger partial charge in [0.15, 0.2) is 4.96 Å². The maximum atomic E-state index is 12.5. The van der Waals surface area contributed by atoms with Crippen molar-refractivity contribution in [2.45, 2.75) is 20.0 Å². The van der Waals surface area contributed by atoms with E-state index in [2.05, 4.69) is 10.3 Å². The van der Waals surface area contributed by atoms with Crippen LogP contribution < -0.4 is 10.1 Å². The van der Waals surface area contributed by atoms with Gasteiger partial charge in [0, 0.05) is 34.6 Å². The number of anilines is 1. The minimum Gasteiger partial charge on any atom is -0.491 e. The third-order valence-electron chi connectivity index (χ3n) is 4.00. The summed E-state index contributed by atoms with van der Waals surface area (Å²) in [6, 6.07) is 14.8. The van der Waals surface area contributed by atoms with Gasteiger partial charge in [-0.05, 0) is 50.2 Å². The van der Waals surface area contributed by atoms with Crippen molar-refractivity contribution in [2.24, 2.45) is 0 Å². The highest BCUT2D eigenvalue weighted by Crippen LogP contribution is 2.24. The summed E-state index contributed by atoms with van der Waals surface area (Å²) >= 11 is 1.59. The molecule has 2 heterocycles. The van der Waals surface area contributed by atoms with Crippen LogP contribution in [0.25, 0.3) is 16.2 Å². The van der Waals surface area contributed by atoms with Crippen LogP contribution in [0.2, 0.25) is 0 Å². The van der Waals surface area contributed by atoms with Gasteiger partial charge in [-0.15, -0.1) is 11.3 Å². The minimum atomic E-state index is -0.158. The monoisotopic (exact) mass is 377 g/mol. The molecule has 5 nitrogen and oxygen atoms in total. The SMILES string of the molecule is CC(C)Oc1ccc(C(=O)Nc2cccc(-c3cn4ccsc4n3)c2)cc1. The summed E-state index contributed by atoms with van der Waals surface area (Å²) in [5.74, 6) is 0.595. The zero-order valence-corrected chi connectivity index (χ0v) is 15.9. The lowest BCUT2D eigenvalue weighted by molar-refractivity contribution is 0.102. The first-order chi connectivity index (χ1) is 13.1. The predicted molar refractivity (Wildman–Crippen MR) is 109 cm³/mol. The molecule has 1 amide bonds. The van der Waals surface area contributed by atoms with Crippen molar-refractivity contribution in [3.8, 4) is 17.0 Å². The Morgan fingerprint density at radius 2 is 2.00 bits per heavy atom. The van der Waals surface area contributed by atoms with Crippen LogP contribution >= 0.6 is 11.3 Å². The lowest BCUT2D eigenvalue weighted by Crippen LogP contribution is -2.12. The normalized spacial score (nSPS) is 11.1. The van der Waals surface area contributed by atoms with Crippen molar-refractivity contribution in [1.82, 2.24) is 9.38 Å². The number of amides is 1. The van der Waals surface area contributed by atoms with Crippen molar-refractivity contribution < 1.29 is 9.53 Å². The zero-order chi connectivity index (χ0) is 18.8. The van der Waals surface area contributed by atoms with E-state index in [1.807, 2.05) is 72.4 Å². The molecule has 0 fully saturated rings. The van der Waals surface area contributed by atoms with Gasteiger partial charge >= 0.3 is 0 Å². The van der Waals surface area contributed by atoms with Crippen LogP contribution in [0.1, 0.15) is 24.2 Å². The van der Waals surface area contributed by atoms with Crippen molar-refractivity contribution in [3.05, 3.63) is 71.9 Å². The quantitative estimate of drug-likeness (QED) is 0.526. The lowest BCUT2D eigenvalue weighted by Gasteiger charge is -2.10. The van der Waals surface area contributed by atoms with Gasteiger partial charge in [0.05, 0.1) is 11.8 Å². The molecule has 4 aromatic rings. The molecule has 0 aliphatic rings. The van der Waals surface area contributed by atoms with Crippen LogP contribution in [-0.4, -0.2) is 21.4 Å². The van der Waals surface area contributed by atoms with E-state index in [0.29, 0.717) is 5.56 Å². The maximum Gasteiger partial charge on any atom is 0.255 e. The van der Waals surface area contributed by atoms with Crippen LogP contribution in [0, 0.1) is 0 Å². The largest absolute Gasteiger partial charge is 0.491 e. The summed E-state index contributed by atoms with van der Waals surface area (Å²) in [6.07, 6.45) is 4.07. The van der Waals surface area contributed by atoms with Crippen LogP contribution in [0.4, 0.5) is 5.69 Å². The molecule has 0 unspecified atom stereocenters. The van der Waals surface area contributed by atoms with Gasteiger partial charge in [-0.1, -0.05) is 12.1 Å². The van der Waals surface area contributed by atoms with E-state index in [4.69, 9.17) is 4.74 Å².